The van der Waals surface area contributed by atoms with E-state index in [0.29, 0.717) is 20.9 Å². The van der Waals surface area contributed by atoms with Crippen LogP contribution in [0.15, 0.2) is 112 Å². The summed E-state index contributed by atoms with van der Waals surface area (Å²) < 4.78 is 5.72. The zero-order chi connectivity index (χ0) is 25.1. The van der Waals surface area contributed by atoms with Gasteiger partial charge in [0, 0.05) is 38.3 Å². The van der Waals surface area contributed by atoms with Crippen LogP contribution in [0.5, 0.6) is 0 Å². The molecule has 0 atom stereocenters. The number of anilines is 3. The first-order valence-electron chi connectivity index (χ1n) is 11.0. The van der Waals surface area contributed by atoms with Crippen LogP contribution in [0.4, 0.5) is 17.1 Å². The molecule has 0 fully saturated rings. The molecule has 0 bridgehead atoms. The van der Waals surface area contributed by atoms with E-state index in [1.54, 1.807) is 24.3 Å². The van der Waals surface area contributed by atoms with Crippen LogP contribution >= 0.6 is 11.3 Å². The smallest absolute Gasteiger partial charge is 0.346 e. The number of aliphatic carboxylic acids is 1. The van der Waals surface area contributed by atoms with E-state index in [0.717, 1.165) is 22.4 Å². The second kappa shape index (κ2) is 9.74. The van der Waals surface area contributed by atoms with Crippen LogP contribution in [-0.4, -0.2) is 11.1 Å². The summed E-state index contributed by atoms with van der Waals surface area (Å²) in [5.74, 6) is -1.30. The Morgan fingerprint density at radius 3 is 2.17 bits per heavy atom. The number of benzene rings is 3. The van der Waals surface area contributed by atoms with Crippen LogP contribution in [0.25, 0.3) is 27.5 Å². The van der Waals surface area contributed by atoms with Crippen molar-refractivity contribution in [1.82, 2.24) is 0 Å². The molecule has 36 heavy (non-hydrogen) atoms. The van der Waals surface area contributed by atoms with Gasteiger partial charge in [-0.15, -0.1) is 11.3 Å². The number of hydrogen-bond acceptors (Lipinski definition) is 6. The lowest BCUT2D eigenvalue weighted by Crippen LogP contribution is -2.10. The Hall–Kier alpha value is -4.93. The molecule has 0 saturated carbocycles. The van der Waals surface area contributed by atoms with Gasteiger partial charge in [-0.3, -0.25) is 0 Å². The molecule has 174 valence electrons. The summed E-state index contributed by atoms with van der Waals surface area (Å²) in [6, 6.07) is 32.4. The lowest BCUT2D eigenvalue weighted by molar-refractivity contribution is -0.132. The summed E-state index contributed by atoms with van der Waals surface area (Å²) in [6.07, 6.45) is 1.28. The lowest BCUT2D eigenvalue weighted by Gasteiger charge is -2.25. The van der Waals surface area contributed by atoms with Gasteiger partial charge in [-0.25, -0.2) is 9.59 Å². The molecule has 0 unspecified atom stereocenters. The first-order chi connectivity index (χ1) is 17.5. The van der Waals surface area contributed by atoms with Crippen molar-refractivity contribution in [2.45, 2.75) is 0 Å². The van der Waals surface area contributed by atoms with Crippen molar-refractivity contribution in [2.75, 3.05) is 4.90 Å². The van der Waals surface area contributed by atoms with E-state index in [9.17, 15) is 9.59 Å². The molecule has 7 heteroatoms. The maximum Gasteiger partial charge on any atom is 0.346 e. The Morgan fingerprint density at radius 2 is 1.56 bits per heavy atom. The monoisotopic (exact) mass is 490 g/mol. The van der Waals surface area contributed by atoms with Gasteiger partial charge in [0.2, 0.25) is 0 Å². The second-order valence-corrected chi connectivity index (χ2v) is 8.97. The van der Waals surface area contributed by atoms with Crippen molar-refractivity contribution in [2.24, 2.45) is 0 Å². The molecule has 2 aromatic heterocycles. The zero-order valence-corrected chi connectivity index (χ0v) is 19.6. The average Bonchev–Trinajstić information content (AvgIpc) is 3.36. The van der Waals surface area contributed by atoms with E-state index in [-0.39, 0.29) is 5.57 Å². The first-order valence-corrected chi connectivity index (χ1v) is 11.8. The molecule has 2 heterocycles. The predicted octanol–water partition coefficient (Wildman–Crippen LogP) is 6.98. The van der Waals surface area contributed by atoms with Crippen LogP contribution in [0.1, 0.15) is 4.88 Å². The summed E-state index contributed by atoms with van der Waals surface area (Å²) in [5.41, 5.74) is 2.74. The molecular weight excluding hydrogens is 472 g/mol. The predicted molar refractivity (Wildman–Crippen MR) is 142 cm³/mol. The number of hydrogen-bond donors (Lipinski definition) is 1. The van der Waals surface area contributed by atoms with Gasteiger partial charge in [0.25, 0.3) is 0 Å². The summed E-state index contributed by atoms with van der Waals surface area (Å²) in [4.78, 5) is 27.3. The zero-order valence-electron chi connectivity index (χ0n) is 18.8. The molecule has 3 aromatic carbocycles. The number of carboxylic acids is 1. The highest BCUT2D eigenvalue weighted by Crippen LogP contribution is 2.36. The highest BCUT2D eigenvalue weighted by molar-refractivity contribution is 7.16. The lowest BCUT2D eigenvalue weighted by atomic mass is 10.1. The third-order valence-corrected chi connectivity index (χ3v) is 6.60. The molecule has 0 amide bonds. The van der Waals surface area contributed by atoms with E-state index >= 15 is 0 Å². The quantitative estimate of drug-likeness (QED) is 0.157. The highest BCUT2D eigenvalue weighted by atomic mass is 32.1. The topological polar surface area (TPSA) is 94.5 Å². The molecule has 1 N–H and O–H groups in total. The average molecular weight is 491 g/mol. The SMILES string of the molecule is N#C/C(=C\c1ccc(-c2cc3ccc(N(c4ccccc4)c4ccccc4)cc3oc2=O)s1)C(=O)O. The van der Waals surface area contributed by atoms with Crippen molar-refractivity contribution in [3.8, 4) is 16.5 Å². The van der Waals surface area contributed by atoms with Gasteiger partial charge in [-0.1, -0.05) is 36.4 Å². The second-order valence-electron chi connectivity index (χ2n) is 7.85. The van der Waals surface area contributed by atoms with E-state index in [4.69, 9.17) is 14.8 Å². The van der Waals surface area contributed by atoms with Crippen molar-refractivity contribution in [1.29, 1.82) is 5.26 Å². The normalized spacial score (nSPS) is 11.2. The number of rotatable bonds is 6. The first kappa shape index (κ1) is 22.8. The number of nitrogens with zero attached hydrogens (tertiary/aromatic N) is 2. The third kappa shape index (κ3) is 4.53. The van der Waals surface area contributed by atoms with Crippen LogP contribution in [0.3, 0.4) is 0 Å². The van der Waals surface area contributed by atoms with E-state index in [1.807, 2.05) is 78.9 Å². The number of fused-ring (bicyclic) bond motifs is 1. The Morgan fingerprint density at radius 1 is 0.889 bits per heavy atom. The summed E-state index contributed by atoms with van der Waals surface area (Å²) in [5, 5.41) is 18.8. The molecule has 0 radical (unpaired) electrons. The van der Waals surface area contributed by atoms with Crippen molar-refractivity contribution < 1.29 is 14.3 Å². The molecule has 0 aliphatic carbocycles. The van der Waals surface area contributed by atoms with Crippen molar-refractivity contribution in [3.05, 3.63) is 118 Å². The van der Waals surface area contributed by atoms with Crippen LogP contribution in [0, 0.1) is 11.3 Å². The van der Waals surface area contributed by atoms with Gasteiger partial charge in [0.05, 0.1) is 5.56 Å². The maximum atomic E-state index is 12.9. The van der Waals surface area contributed by atoms with Gasteiger partial charge >= 0.3 is 11.6 Å². The van der Waals surface area contributed by atoms with Gasteiger partial charge in [-0.2, -0.15) is 5.26 Å². The molecule has 5 aromatic rings. The fourth-order valence-electron chi connectivity index (χ4n) is 3.87. The Kier molecular flexibility index (Phi) is 6.18. The summed E-state index contributed by atoms with van der Waals surface area (Å²) in [6.45, 7) is 0. The Bertz CT molecular complexity index is 1660. The number of thiophene rings is 1. The Balaban J connectivity index is 1.56. The van der Waals surface area contributed by atoms with Gasteiger partial charge in [-0.05, 0) is 60.7 Å². The van der Waals surface area contributed by atoms with Gasteiger partial charge in [0.15, 0.2) is 0 Å². The van der Waals surface area contributed by atoms with Crippen molar-refractivity contribution in [3.63, 3.8) is 0 Å². The van der Waals surface area contributed by atoms with Crippen LogP contribution < -0.4 is 10.5 Å². The minimum Gasteiger partial charge on any atom is -0.477 e. The van der Waals surface area contributed by atoms with E-state index in [2.05, 4.69) is 4.90 Å². The minimum absolute atomic E-state index is 0.372. The molecular formula is C29H18N2O4S. The number of para-hydroxylation sites is 2. The molecule has 6 nitrogen and oxygen atoms in total. The fourth-order valence-corrected chi connectivity index (χ4v) is 4.83. The molecule has 0 aliphatic rings. The largest absolute Gasteiger partial charge is 0.477 e. The highest BCUT2D eigenvalue weighted by Gasteiger charge is 2.15. The van der Waals surface area contributed by atoms with Crippen LogP contribution in [0.2, 0.25) is 0 Å². The van der Waals surface area contributed by atoms with Gasteiger partial charge in [0.1, 0.15) is 17.2 Å². The third-order valence-electron chi connectivity index (χ3n) is 5.54. The minimum atomic E-state index is -1.30. The standard InChI is InChI=1S/C29H18N2O4S/c30-18-20(28(32)33)15-24-13-14-27(36-24)25-16-19-11-12-23(17-26(19)35-29(25)34)31(21-7-3-1-4-8-21)22-9-5-2-6-10-22/h1-17H,(H,32,33)/b20-15+. The van der Waals surface area contributed by atoms with E-state index in [1.165, 1.54) is 17.4 Å². The molecule has 0 aliphatic heterocycles. The molecule has 0 saturated heterocycles. The summed E-state index contributed by atoms with van der Waals surface area (Å²) in [7, 11) is 0. The number of carboxylic acid groups (broad SMARTS) is 1. The fraction of sp³-hybridized carbons (Fsp3) is 0. The number of carbonyl (C=O) groups is 1. The maximum absolute atomic E-state index is 12.9. The summed E-state index contributed by atoms with van der Waals surface area (Å²) >= 11 is 1.21. The van der Waals surface area contributed by atoms with Crippen molar-refractivity contribution >= 4 is 51.4 Å². The van der Waals surface area contributed by atoms with E-state index < -0.39 is 11.6 Å². The Labute approximate surface area is 210 Å². The molecule has 5 rings (SSSR count). The number of nitriles is 1. The molecule has 0 spiro atoms. The van der Waals surface area contributed by atoms with Crippen LogP contribution in [-0.2, 0) is 4.79 Å². The van der Waals surface area contributed by atoms with Gasteiger partial charge < -0.3 is 14.4 Å².